The quantitative estimate of drug-likeness (QED) is 0.713. The van der Waals surface area contributed by atoms with E-state index >= 15 is 0 Å². The van der Waals surface area contributed by atoms with Crippen LogP contribution in [0.3, 0.4) is 0 Å². The Hall–Kier alpha value is -1.28. The molecule has 0 spiro atoms. The summed E-state index contributed by atoms with van der Waals surface area (Å²) in [4.78, 5) is 0. The molecule has 0 unspecified atom stereocenters. The van der Waals surface area contributed by atoms with Crippen molar-refractivity contribution in [3.8, 4) is 0 Å². The molecule has 2 aromatic rings. The summed E-state index contributed by atoms with van der Waals surface area (Å²) < 4.78 is 5.63. The summed E-state index contributed by atoms with van der Waals surface area (Å²) in [7, 11) is 0. The fourth-order valence-electron chi connectivity index (χ4n) is 1.97. The number of epoxide rings is 1. The van der Waals surface area contributed by atoms with Gasteiger partial charge in [-0.1, -0.05) is 59.6 Å². The van der Waals surface area contributed by atoms with Crippen LogP contribution in [-0.4, -0.2) is 6.10 Å². The summed E-state index contributed by atoms with van der Waals surface area (Å²) in [6, 6.07) is 15.5. The van der Waals surface area contributed by atoms with Crippen molar-refractivity contribution in [2.24, 2.45) is 0 Å². The van der Waals surface area contributed by atoms with Crippen LogP contribution in [0.4, 0.5) is 0 Å². The molecule has 0 amide bonds. The van der Waals surface area contributed by atoms with Gasteiger partial charge in [-0.05, 0) is 35.4 Å². The van der Waals surface area contributed by atoms with Crippen LogP contribution in [0.2, 0.25) is 10.0 Å². The molecule has 3 heteroatoms. The highest BCUT2D eigenvalue weighted by atomic mass is 35.5. The van der Waals surface area contributed by atoms with Crippen molar-refractivity contribution in [3.05, 3.63) is 75.8 Å². The zero-order valence-electron chi connectivity index (χ0n) is 10.1. The lowest BCUT2D eigenvalue weighted by Crippen LogP contribution is -1.84. The maximum Gasteiger partial charge on any atom is 0.113 e. The third kappa shape index (κ3) is 3.19. The lowest BCUT2D eigenvalue weighted by atomic mass is 10.1. The summed E-state index contributed by atoms with van der Waals surface area (Å²) >= 11 is 11.7. The van der Waals surface area contributed by atoms with Crippen molar-refractivity contribution in [3.63, 3.8) is 0 Å². The zero-order chi connectivity index (χ0) is 13.2. The van der Waals surface area contributed by atoms with E-state index in [2.05, 4.69) is 12.2 Å². The summed E-state index contributed by atoms with van der Waals surface area (Å²) in [5.41, 5.74) is 2.28. The van der Waals surface area contributed by atoms with Crippen LogP contribution in [0.25, 0.3) is 6.08 Å². The average Bonchev–Trinajstić information content (AvgIpc) is 3.19. The molecule has 1 aliphatic rings. The van der Waals surface area contributed by atoms with Crippen LogP contribution in [0, 0.1) is 0 Å². The van der Waals surface area contributed by atoms with Crippen LogP contribution < -0.4 is 0 Å². The van der Waals surface area contributed by atoms with Crippen LogP contribution >= 0.6 is 23.2 Å². The topological polar surface area (TPSA) is 12.5 Å². The highest BCUT2D eigenvalue weighted by molar-refractivity contribution is 6.30. The minimum atomic E-state index is 0.150. The van der Waals surface area contributed by atoms with Gasteiger partial charge in [0.05, 0.1) is 0 Å². The number of rotatable bonds is 3. The van der Waals surface area contributed by atoms with Gasteiger partial charge in [-0.3, -0.25) is 0 Å². The summed E-state index contributed by atoms with van der Waals surface area (Å²) in [6.07, 6.45) is 4.43. The Morgan fingerprint density at radius 1 is 0.842 bits per heavy atom. The zero-order valence-corrected chi connectivity index (χ0v) is 11.6. The minimum absolute atomic E-state index is 0.150. The largest absolute Gasteiger partial charge is 0.360 e. The van der Waals surface area contributed by atoms with E-state index in [9.17, 15) is 0 Å². The molecule has 0 radical (unpaired) electrons. The standard InChI is InChI=1S/C16H12Cl2O/c17-13-6-1-11(2-7-13)3-10-15-16(19-15)12-4-8-14(18)9-5-12/h1-10,15-16H/b10-3+/t15-,16-/m1/s1. The number of ether oxygens (including phenoxy) is 1. The van der Waals surface area contributed by atoms with E-state index in [1.807, 2.05) is 48.5 Å². The fraction of sp³-hybridized carbons (Fsp3) is 0.125. The van der Waals surface area contributed by atoms with E-state index < -0.39 is 0 Å². The number of benzene rings is 2. The molecular weight excluding hydrogens is 279 g/mol. The Balaban J connectivity index is 1.64. The smallest absolute Gasteiger partial charge is 0.113 e. The average molecular weight is 291 g/mol. The highest BCUT2D eigenvalue weighted by Gasteiger charge is 2.37. The van der Waals surface area contributed by atoms with Gasteiger partial charge < -0.3 is 4.74 Å². The Labute approximate surface area is 122 Å². The SMILES string of the molecule is Clc1ccc(/C=C/[C@H]2O[C@@H]2c2ccc(Cl)cc2)cc1. The van der Waals surface area contributed by atoms with Gasteiger partial charge in [-0.15, -0.1) is 0 Å². The van der Waals surface area contributed by atoms with Gasteiger partial charge in [0.15, 0.2) is 0 Å². The Morgan fingerprint density at radius 3 is 2.05 bits per heavy atom. The molecule has 2 atom stereocenters. The van der Waals surface area contributed by atoms with Crippen LogP contribution in [0.15, 0.2) is 54.6 Å². The lowest BCUT2D eigenvalue weighted by molar-refractivity contribution is 0.394. The first-order chi connectivity index (χ1) is 9.22. The van der Waals surface area contributed by atoms with Gasteiger partial charge in [0, 0.05) is 10.0 Å². The van der Waals surface area contributed by atoms with Crippen molar-refractivity contribution in [1.82, 2.24) is 0 Å². The molecule has 2 aromatic carbocycles. The molecule has 1 nitrogen and oxygen atoms in total. The molecular formula is C16H12Cl2O. The predicted molar refractivity (Wildman–Crippen MR) is 79.6 cm³/mol. The first-order valence-electron chi connectivity index (χ1n) is 6.07. The molecule has 0 bridgehead atoms. The molecule has 96 valence electrons. The van der Waals surface area contributed by atoms with Gasteiger partial charge in [0.25, 0.3) is 0 Å². The third-order valence-corrected chi connectivity index (χ3v) is 3.58. The van der Waals surface area contributed by atoms with Crippen molar-refractivity contribution in [2.75, 3.05) is 0 Å². The molecule has 0 N–H and O–H groups in total. The van der Waals surface area contributed by atoms with Crippen molar-refractivity contribution >= 4 is 29.3 Å². The number of halogens is 2. The second-order valence-corrected chi connectivity index (χ2v) is 5.36. The van der Waals surface area contributed by atoms with Crippen molar-refractivity contribution < 1.29 is 4.74 Å². The van der Waals surface area contributed by atoms with E-state index in [4.69, 9.17) is 27.9 Å². The first kappa shape index (κ1) is 12.7. The minimum Gasteiger partial charge on any atom is -0.360 e. The summed E-state index contributed by atoms with van der Waals surface area (Å²) in [6.45, 7) is 0. The van der Waals surface area contributed by atoms with Gasteiger partial charge in [0.2, 0.25) is 0 Å². The fourth-order valence-corrected chi connectivity index (χ4v) is 2.22. The number of hydrogen-bond donors (Lipinski definition) is 0. The third-order valence-electron chi connectivity index (χ3n) is 3.07. The molecule has 0 aromatic heterocycles. The van der Waals surface area contributed by atoms with Gasteiger partial charge in [-0.25, -0.2) is 0 Å². The van der Waals surface area contributed by atoms with E-state index in [0.717, 1.165) is 21.2 Å². The molecule has 3 rings (SSSR count). The van der Waals surface area contributed by atoms with Crippen molar-refractivity contribution in [1.29, 1.82) is 0 Å². The van der Waals surface area contributed by atoms with Gasteiger partial charge >= 0.3 is 0 Å². The van der Waals surface area contributed by atoms with E-state index in [1.54, 1.807) is 0 Å². The van der Waals surface area contributed by atoms with Crippen molar-refractivity contribution in [2.45, 2.75) is 12.2 Å². The predicted octanol–water partition coefficient (Wildman–Crippen LogP) is 5.15. The second kappa shape index (κ2) is 5.38. The molecule has 0 aliphatic carbocycles. The number of hydrogen-bond acceptors (Lipinski definition) is 1. The summed E-state index contributed by atoms with van der Waals surface area (Å²) in [5, 5.41) is 1.50. The Bertz CT molecular complexity index is 587. The van der Waals surface area contributed by atoms with Crippen LogP contribution in [-0.2, 0) is 4.74 Å². The van der Waals surface area contributed by atoms with E-state index in [1.165, 1.54) is 0 Å². The molecule has 1 heterocycles. The second-order valence-electron chi connectivity index (χ2n) is 4.48. The Kier molecular flexibility index (Phi) is 3.61. The Morgan fingerprint density at radius 2 is 1.42 bits per heavy atom. The monoisotopic (exact) mass is 290 g/mol. The maximum absolute atomic E-state index is 5.86. The van der Waals surface area contributed by atoms with Crippen LogP contribution in [0.5, 0.6) is 0 Å². The highest BCUT2D eigenvalue weighted by Crippen LogP contribution is 2.40. The van der Waals surface area contributed by atoms with E-state index in [-0.39, 0.29) is 12.2 Å². The molecule has 0 saturated carbocycles. The first-order valence-corrected chi connectivity index (χ1v) is 6.83. The van der Waals surface area contributed by atoms with E-state index in [0.29, 0.717) is 0 Å². The van der Waals surface area contributed by atoms with Gasteiger partial charge in [0.1, 0.15) is 12.2 Å². The molecule has 1 aliphatic heterocycles. The summed E-state index contributed by atoms with van der Waals surface area (Å²) in [5.74, 6) is 0. The van der Waals surface area contributed by atoms with Gasteiger partial charge in [-0.2, -0.15) is 0 Å². The van der Waals surface area contributed by atoms with Crippen LogP contribution in [0.1, 0.15) is 17.2 Å². The maximum atomic E-state index is 5.86. The molecule has 1 saturated heterocycles. The molecule has 1 fully saturated rings. The lowest BCUT2D eigenvalue weighted by Gasteiger charge is -1.95. The normalized spacial score (nSPS) is 21.8. The molecule has 19 heavy (non-hydrogen) atoms.